The SMILES string of the molecule is CC(C)c1ncc(Cl)c(C(=O)N2CSC[C@H]2C(=O)O)n1. The van der Waals surface area contributed by atoms with E-state index >= 15 is 0 Å². The highest BCUT2D eigenvalue weighted by atomic mass is 35.5. The van der Waals surface area contributed by atoms with Gasteiger partial charge < -0.3 is 10.0 Å². The molecule has 1 N–H and O–H groups in total. The summed E-state index contributed by atoms with van der Waals surface area (Å²) in [6.07, 6.45) is 1.39. The molecular formula is C12H14ClN3O3S. The maximum atomic E-state index is 12.4. The molecule has 6 nitrogen and oxygen atoms in total. The van der Waals surface area contributed by atoms with Gasteiger partial charge in [-0.25, -0.2) is 14.8 Å². The quantitative estimate of drug-likeness (QED) is 0.916. The first-order valence-electron chi connectivity index (χ1n) is 6.05. The van der Waals surface area contributed by atoms with Gasteiger partial charge in [-0.15, -0.1) is 11.8 Å². The molecule has 108 valence electrons. The highest BCUT2D eigenvalue weighted by Gasteiger charge is 2.36. The topological polar surface area (TPSA) is 83.4 Å². The van der Waals surface area contributed by atoms with Gasteiger partial charge in [-0.3, -0.25) is 4.79 Å². The van der Waals surface area contributed by atoms with Gasteiger partial charge in [0.15, 0.2) is 5.69 Å². The molecule has 0 saturated carbocycles. The molecular weight excluding hydrogens is 302 g/mol. The monoisotopic (exact) mass is 315 g/mol. The molecule has 2 heterocycles. The molecule has 2 rings (SSSR count). The fourth-order valence-corrected chi connectivity index (χ4v) is 3.11. The van der Waals surface area contributed by atoms with Crippen molar-refractivity contribution >= 4 is 35.2 Å². The van der Waals surface area contributed by atoms with Crippen LogP contribution in [0.1, 0.15) is 36.1 Å². The van der Waals surface area contributed by atoms with E-state index in [9.17, 15) is 9.59 Å². The van der Waals surface area contributed by atoms with Crippen LogP contribution in [-0.2, 0) is 4.79 Å². The van der Waals surface area contributed by atoms with Crippen LogP contribution >= 0.6 is 23.4 Å². The minimum atomic E-state index is -1.02. The van der Waals surface area contributed by atoms with Crippen molar-refractivity contribution in [2.24, 2.45) is 0 Å². The minimum absolute atomic E-state index is 0.0574. The fraction of sp³-hybridized carbons (Fsp3) is 0.500. The second-order valence-corrected chi connectivity index (χ2v) is 6.12. The standard InChI is InChI=1S/C12H14ClN3O3S/c1-6(2)10-14-3-7(13)9(15-10)11(17)16-5-20-4-8(16)12(18)19/h3,6,8H,4-5H2,1-2H3,(H,18,19)/t8-/m0/s1. The van der Waals surface area contributed by atoms with Crippen LogP contribution in [0.5, 0.6) is 0 Å². The Morgan fingerprint density at radius 2 is 2.25 bits per heavy atom. The van der Waals surface area contributed by atoms with E-state index in [2.05, 4.69) is 9.97 Å². The molecule has 0 aliphatic carbocycles. The van der Waals surface area contributed by atoms with Gasteiger partial charge in [0, 0.05) is 11.7 Å². The molecule has 0 bridgehead atoms. The lowest BCUT2D eigenvalue weighted by Crippen LogP contribution is -2.42. The number of carboxylic acids is 1. The van der Waals surface area contributed by atoms with Gasteiger partial charge in [0.25, 0.3) is 5.91 Å². The van der Waals surface area contributed by atoms with Crippen molar-refractivity contribution in [3.8, 4) is 0 Å². The molecule has 0 radical (unpaired) electrons. The van der Waals surface area contributed by atoms with Crippen molar-refractivity contribution in [1.82, 2.24) is 14.9 Å². The largest absolute Gasteiger partial charge is 0.480 e. The molecule has 20 heavy (non-hydrogen) atoms. The summed E-state index contributed by atoms with van der Waals surface area (Å²) in [6.45, 7) is 3.81. The van der Waals surface area contributed by atoms with Crippen LogP contribution in [0.25, 0.3) is 0 Å². The zero-order chi connectivity index (χ0) is 14.9. The van der Waals surface area contributed by atoms with Crippen molar-refractivity contribution in [3.63, 3.8) is 0 Å². The summed E-state index contributed by atoms with van der Waals surface area (Å²) in [7, 11) is 0. The highest BCUT2D eigenvalue weighted by Crippen LogP contribution is 2.25. The Kier molecular flexibility index (Phi) is 4.49. The van der Waals surface area contributed by atoms with Crippen molar-refractivity contribution in [1.29, 1.82) is 0 Å². The predicted molar refractivity (Wildman–Crippen MR) is 76.0 cm³/mol. The number of halogens is 1. The Bertz CT molecular complexity index is 553. The second kappa shape index (κ2) is 5.97. The summed E-state index contributed by atoms with van der Waals surface area (Å²) in [6, 6.07) is -0.832. The van der Waals surface area contributed by atoms with Gasteiger partial charge in [0.1, 0.15) is 11.9 Å². The summed E-state index contributed by atoms with van der Waals surface area (Å²) in [5.41, 5.74) is 0.0686. The first-order valence-corrected chi connectivity index (χ1v) is 7.59. The van der Waals surface area contributed by atoms with Crippen LogP contribution in [-0.4, -0.2) is 49.5 Å². The average molecular weight is 316 g/mol. The van der Waals surface area contributed by atoms with Crippen LogP contribution < -0.4 is 0 Å². The molecule has 1 aromatic rings. The first kappa shape index (κ1) is 15.1. The number of thioether (sulfide) groups is 1. The predicted octanol–water partition coefficient (Wildman–Crippen LogP) is 1.85. The summed E-state index contributed by atoms with van der Waals surface area (Å²) < 4.78 is 0. The van der Waals surface area contributed by atoms with E-state index in [0.717, 1.165) is 0 Å². The lowest BCUT2D eigenvalue weighted by molar-refractivity contribution is -0.140. The van der Waals surface area contributed by atoms with Crippen molar-refractivity contribution in [2.75, 3.05) is 11.6 Å². The number of nitrogens with zero attached hydrogens (tertiary/aromatic N) is 3. The third-order valence-corrected chi connectivity index (χ3v) is 4.20. The maximum absolute atomic E-state index is 12.4. The molecule has 0 spiro atoms. The normalized spacial score (nSPS) is 18.6. The zero-order valence-corrected chi connectivity index (χ0v) is 12.6. The minimum Gasteiger partial charge on any atom is -0.480 e. The lowest BCUT2D eigenvalue weighted by atomic mass is 10.2. The lowest BCUT2D eigenvalue weighted by Gasteiger charge is -2.20. The Morgan fingerprint density at radius 3 is 2.85 bits per heavy atom. The van der Waals surface area contributed by atoms with Crippen LogP contribution in [0.4, 0.5) is 0 Å². The number of carbonyl (C=O) groups excluding carboxylic acids is 1. The van der Waals surface area contributed by atoms with Crippen LogP contribution in [0.2, 0.25) is 5.02 Å². The fourth-order valence-electron chi connectivity index (χ4n) is 1.79. The van der Waals surface area contributed by atoms with E-state index in [1.807, 2.05) is 13.8 Å². The van der Waals surface area contributed by atoms with E-state index in [-0.39, 0.29) is 16.6 Å². The van der Waals surface area contributed by atoms with Crippen molar-refractivity contribution in [3.05, 3.63) is 22.7 Å². The van der Waals surface area contributed by atoms with Gasteiger partial charge >= 0.3 is 5.97 Å². The summed E-state index contributed by atoms with van der Waals surface area (Å²) in [5.74, 6) is -0.207. The summed E-state index contributed by atoms with van der Waals surface area (Å²) >= 11 is 7.37. The van der Waals surface area contributed by atoms with E-state index in [4.69, 9.17) is 16.7 Å². The summed E-state index contributed by atoms with van der Waals surface area (Å²) in [5, 5.41) is 9.26. The Labute approximate surface area is 125 Å². The van der Waals surface area contributed by atoms with Gasteiger partial charge in [-0.05, 0) is 0 Å². The number of carbonyl (C=O) groups is 2. The molecule has 0 unspecified atom stereocenters. The van der Waals surface area contributed by atoms with E-state index in [1.165, 1.54) is 22.9 Å². The Balaban J connectivity index is 2.33. The number of carboxylic acid groups (broad SMARTS) is 1. The molecule has 1 amide bonds. The molecule has 8 heteroatoms. The van der Waals surface area contributed by atoms with Crippen LogP contribution in [0.3, 0.4) is 0 Å². The van der Waals surface area contributed by atoms with Crippen LogP contribution in [0, 0.1) is 0 Å². The molecule has 1 aliphatic rings. The number of aromatic nitrogens is 2. The van der Waals surface area contributed by atoms with Gasteiger partial charge in [-0.1, -0.05) is 25.4 Å². The van der Waals surface area contributed by atoms with E-state index in [0.29, 0.717) is 17.5 Å². The molecule has 1 aromatic heterocycles. The zero-order valence-electron chi connectivity index (χ0n) is 11.0. The van der Waals surface area contributed by atoms with Crippen molar-refractivity contribution in [2.45, 2.75) is 25.8 Å². The van der Waals surface area contributed by atoms with Gasteiger partial charge in [-0.2, -0.15) is 0 Å². The molecule has 1 saturated heterocycles. The average Bonchev–Trinajstić information content (AvgIpc) is 2.87. The van der Waals surface area contributed by atoms with Crippen molar-refractivity contribution < 1.29 is 14.7 Å². The van der Waals surface area contributed by atoms with E-state index < -0.39 is 17.9 Å². The highest BCUT2D eigenvalue weighted by molar-refractivity contribution is 7.99. The van der Waals surface area contributed by atoms with E-state index in [1.54, 1.807) is 0 Å². The van der Waals surface area contributed by atoms with Gasteiger partial charge in [0.05, 0.1) is 17.1 Å². The third kappa shape index (κ3) is 2.88. The Morgan fingerprint density at radius 1 is 1.55 bits per heavy atom. The number of hydrogen-bond donors (Lipinski definition) is 1. The number of amides is 1. The smallest absolute Gasteiger partial charge is 0.327 e. The number of hydrogen-bond acceptors (Lipinski definition) is 5. The molecule has 1 atom stereocenters. The molecule has 0 aromatic carbocycles. The number of aliphatic carboxylic acids is 1. The second-order valence-electron chi connectivity index (χ2n) is 4.71. The maximum Gasteiger partial charge on any atom is 0.327 e. The first-order chi connectivity index (χ1) is 9.41. The molecule has 1 aliphatic heterocycles. The van der Waals surface area contributed by atoms with Gasteiger partial charge in [0.2, 0.25) is 0 Å². The summed E-state index contributed by atoms with van der Waals surface area (Å²) in [4.78, 5) is 33.1. The third-order valence-electron chi connectivity index (χ3n) is 2.91. The van der Waals surface area contributed by atoms with Crippen LogP contribution in [0.15, 0.2) is 6.20 Å². The number of rotatable bonds is 3. The molecule has 1 fully saturated rings. The Hall–Kier alpha value is -1.34.